The molecule has 0 N–H and O–H groups in total. The lowest BCUT2D eigenvalue weighted by atomic mass is 10.2. The normalized spacial score (nSPS) is 13.3. The molecule has 0 saturated carbocycles. The van der Waals surface area contributed by atoms with E-state index in [1.807, 2.05) is 31.2 Å². The number of carbonyl (C=O) groups is 1. The van der Waals surface area contributed by atoms with Crippen LogP contribution >= 0.6 is 0 Å². The highest BCUT2D eigenvalue weighted by molar-refractivity contribution is 5.95. The fourth-order valence-corrected chi connectivity index (χ4v) is 3.07. The summed E-state index contributed by atoms with van der Waals surface area (Å²) in [5, 5.41) is 5.42. The number of ether oxygens (including phenoxy) is 1. The summed E-state index contributed by atoms with van der Waals surface area (Å²) in [6.45, 7) is 2.68. The third kappa shape index (κ3) is 2.29. The van der Waals surface area contributed by atoms with Gasteiger partial charge in [-0.05, 0) is 37.1 Å². The molecule has 0 radical (unpaired) electrons. The molecule has 4 rings (SSSR count). The minimum atomic E-state index is -0.0513. The van der Waals surface area contributed by atoms with E-state index in [1.54, 1.807) is 22.9 Å². The van der Waals surface area contributed by atoms with E-state index in [4.69, 9.17) is 4.74 Å². The van der Waals surface area contributed by atoms with Crippen molar-refractivity contribution in [3.63, 3.8) is 0 Å². The Morgan fingerprint density at radius 3 is 3.04 bits per heavy atom. The summed E-state index contributed by atoms with van der Waals surface area (Å²) in [4.78, 5) is 23.3. The molecule has 24 heavy (non-hydrogen) atoms. The fourth-order valence-electron chi connectivity index (χ4n) is 3.07. The summed E-state index contributed by atoms with van der Waals surface area (Å²) in [6.07, 6.45) is 2.51. The number of anilines is 1. The first-order valence-corrected chi connectivity index (χ1v) is 7.80. The second-order valence-electron chi connectivity index (χ2n) is 5.75. The predicted octanol–water partition coefficient (Wildman–Crippen LogP) is 1.73. The van der Waals surface area contributed by atoms with Crippen molar-refractivity contribution in [3.05, 3.63) is 41.7 Å². The van der Waals surface area contributed by atoms with Crippen molar-refractivity contribution in [2.45, 2.75) is 19.9 Å². The highest BCUT2D eigenvalue weighted by Gasteiger charge is 2.27. The smallest absolute Gasteiger partial charge is 0.249 e. The van der Waals surface area contributed by atoms with Gasteiger partial charge in [-0.3, -0.25) is 9.69 Å². The molecule has 0 aromatic carbocycles. The molecule has 7 heteroatoms. The second kappa shape index (κ2) is 5.59. The lowest BCUT2D eigenvalue weighted by Gasteiger charge is -2.16. The second-order valence-corrected chi connectivity index (χ2v) is 5.75. The van der Waals surface area contributed by atoms with Gasteiger partial charge < -0.3 is 4.74 Å². The number of fused-ring (bicyclic) bond motifs is 2. The number of aryl methyl sites for hydroxylation is 1. The van der Waals surface area contributed by atoms with Crippen molar-refractivity contribution in [1.29, 1.82) is 0 Å². The average Bonchev–Trinajstić information content (AvgIpc) is 3.16. The highest BCUT2D eigenvalue weighted by atomic mass is 16.5. The van der Waals surface area contributed by atoms with E-state index in [2.05, 4.69) is 15.1 Å². The first-order chi connectivity index (χ1) is 11.7. The van der Waals surface area contributed by atoms with Crippen molar-refractivity contribution >= 4 is 22.8 Å². The molecule has 4 heterocycles. The van der Waals surface area contributed by atoms with Gasteiger partial charge in [0.1, 0.15) is 12.4 Å². The largest absolute Gasteiger partial charge is 0.481 e. The van der Waals surface area contributed by atoms with E-state index < -0.39 is 0 Å². The third-order valence-electron chi connectivity index (χ3n) is 4.28. The zero-order valence-electron chi connectivity index (χ0n) is 13.6. The van der Waals surface area contributed by atoms with Crippen LogP contribution in [-0.4, -0.2) is 39.3 Å². The first kappa shape index (κ1) is 14.6. The lowest BCUT2D eigenvalue weighted by Crippen LogP contribution is -2.33. The molecule has 3 aromatic rings. The Bertz CT molecular complexity index is 934. The number of hydrogen-bond donors (Lipinski definition) is 0. The zero-order valence-corrected chi connectivity index (χ0v) is 13.6. The number of nitrogens with zero attached hydrogens (tertiary/aromatic N) is 5. The van der Waals surface area contributed by atoms with Crippen LogP contribution in [0.5, 0.6) is 5.88 Å². The monoisotopic (exact) mass is 323 g/mol. The van der Waals surface area contributed by atoms with Gasteiger partial charge >= 0.3 is 0 Å². The van der Waals surface area contributed by atoms with Crippen LogP contribution < -0.4 is 9.64 Å². The van der Waals surface area contributed by atoms with Gasteiger partial charge in [0.05, 0.1) is 12.8 Å². The molecule has 1 aliphatic rings. The van der Waals surface area contributed by atoms with Gasteiger partial charge in [0, 0.05) is 24.2 Å². The van der Waals surface area contributed by atoms with Crippen molar-refractivity contribution in [2.75, 3.05) is 18.6 Å². The highest BCUT2D eigenvalue weighted by Crippen LogP contribution is 2.28. The van der Waals surface area contributed by atoms with Gasteiger partial charge in [0.2, 0.25) is 11.8 Å². The Balaban J connectivity index is 1.64. The van der Waals surface area contributed by atoms with Gasteiger partial charge in [-0.25, -0.2) is 9.67 Å². The number of carbonyl (C=O) groups excluding carboxylic acids is 1. The first-order valence-electron chi connectivity index (χ1n) is 7.80. The lowest BCUT2D eigenvalue weighted by molar-refractivity contribution is -0.119. The van der Waals surface area contributed by atoms with Crippen molar-refractivity contribution in [3.8, 4) is 5.88 Å². The number of methoxy groups -OCH3 is 1. The van der Waals surface area contributed by atoms with E-state index in [9.17, 15) is 4.79 Å². The molecule has 3 aromatic heterocycles. The Hall–Kier alpha value is -2.96. The van der Waals surface area contributed by atoms with Crippen molar-refractivity contribution in [2.24, 2.45) is 0 Å². The quantitative estimate of drug-likeness (QED) is 0.734. The van der Waals surface area contributed by atoms with Crippen LogP contribution in [0.1, 0.15) is 11.3 Å². The molecule has 0 aliphatic carbocycles. The molecule has 0 spiro atoms. The van der Waals surface area contributed by atoms with Crippen molar-refractivity contribution in [1.82, 2.24) is 19.7 Å². The molecular weight excluding hydrogens is 306 g/mol. The van der Waals surface area contributed by atoms with Gasteiger partial charge in [0.25, 0.3) is 0 Å². The SMILES string of the molecule is COc1ccc2c(n1)N(C(=O)Cn1nc(C)c3cccnc31)CC2. The summed E-state index contributed by atoms with van der Waals surface area (Å²) in [7, 11) is 1.57. The summed E-state index contributed by atoms with van der Waals surface area (Å²) < 4.78 is 6.83. The van der Waals surface area contributed by atoms with Crippen LogP contribution in [0.25, 0.3) is 11.0 Å². The standard InChI is InChI=1S/C17H17N5O2/c1-11-13-4-3-8-18-17(13)22(20-11)10-15(23)21-9-7-12-5-6-14(24-2)19-16(12)21/h3-6,8H,7,9-10H2,1-2H3. The predicted molar refractivity (Wildman–Crippen MR) is 89.1 cm³/mol. The molecule has 0 fully saturated rings. The fraction of sp³-hybridized carbons (Fsp3) is 0.294. The maximum absolute atomic E-state index is 12.8. The molecule has 7 nitrogen and oxygen atoms in total. The summed E-state index contributed by atoms with van der Waals surface area (Å²) >= 11 is 0. The molecule has 0 bridgehead atoms. The van der Waals surface area contributed by atoms with Crippen LogP contribution in [0.15, 0.2) is 30.5 Å². The van der Waals surface area contributed by atoms with Crippen molar-refractivity contribution < 1.29 is 9.53 Å². The number of amides is 1. The Morgan fingerprint density at radius 1 is 1.33 bits per heavy atom. The number of pyridine rings is 2. The maximum Gasteiger partial charge on any atom is 0.249 e. The number of rotatable bonds is 3. The van der Waals surface area contributed by atoms with Crippen LogP contribution in [0.3, 0.4) is 0 Å². The summed E-state index contributed by atoms with van der Waals surface area (Å²) in [5.41, 5.74) is 2.65. The van der Waals surface area contributed by atoms with E-state index in [0.29, 0.717) is 18.2 Å². The van der Waals surface area contributed by atoms with Crippen LogP contribution in [0.4, 0.5) is 5.82 Å². The summed E-state index contributed by atoms with van der Waals surface area (Å²) in [5.74, 6) is 1.14. The molecule has 0 atom stereocenters. The van der Waals surface area contributed by atoms with Crippen LogP contribution in [-0.2, 0) is 17.8 Å². The Labute approximate surface area is 138 Å². The Kier molecular flexibility index (Phi) is 3.41. The minimum Gasteiger partial charge on any atom is -0.481 e. The van der Waals surface area contributed by atoms with Gasteiger partial charge in [-0.1, -0.05) is 0 Å². The molecule has 122 valence electrons. The van der Waals surface area contributed by atoms with E-state index in [-0.39, 0.29) is 12.5 Å². The topological polar surface area (TPSA) is 73.1 Å². The summed E-state index contributed by atoms with van der Waals surface area (Å²) in [6, 6.07) is 7.61. The van der Waals surface area contributed by atoms with E-state index >= 15 is 0 Å². The molecule has 0 saturated heterocycles. The Morgan fingerprint density at radius 2 is 2.21 bits per heavy atom. The molecular formula is C17H17N5O2. The number of hydrogen-bond acceptors (Lipinski definition) is 5. The zero-order chi connectivity index (χ0) is 16.7. The van der Waals surface area contributed by atoms with E-state index in [0.717, 1.165) is 28.7 Å². The van der Waals surface area contributed by atoms with Gasteiger partial charge in [0.15, 0.2) is 5.65 Å². The van der Waals surface area contributed by atoms with E-state index in [1.165, 1.54) is 0 Å². The molecule has 1 aliphatic heterocycles. The maximum atomic E-state index is 12.8. The van der Waals surface area contributed by atoms with Gasteiger partial charge in [-0.2, -0.15) is 10.1 Å². The number of aromatic nitrogens is 4. The van der Waals surface area contributed by atoms with Crippen LogP contribution in [0.2, 0.25) is 0 Å². The average molecular weight is 323 g/mol. The van der Waals surface area contributed by atoms with Gasteiger partial charge in [-0.15, -0.1) is 0 Å². The third-order valence-corrected chi connectivity index (χ3v) is 4.28. The molecule has 0 unspecified atom stereocenters. The molecule has 1 amide bonds. The van der Waals surface area contributed by atoms with Crippen LogP contribution in [0, 0.1) is 6.92 Å². The minimum absolute atomic E-state index is 0.0513.